The van der Waals surface area contributed by atoms with Crippen molar-refractivity contribution >= 4 is 12.0 Å². The van der Waals surface area contributed by atoms with E-state index in [9.17, 15) is 4.79 Å². The van der Waals surface area contributed by atoms with E-state index in [2.05, 4.69) is 4.98 Å². The van der Waals surface area contributed by atoms with Gasteiger partial charge in [0.05, 0.1) is 6.61 Å². The molecule has 0 saturated carbocycles. The minimum atomic E-state index is -0.974. The molecule has 0 bridgehead atoms. The second-order valence-corrected chi connectivity index (χ2v) is 4.67. The molecule has 1 aromatic carbocycles. The summed E-state index contributed by atoms with van der Waals surface area (Å²) in [6.07, 6.45) is 6.96. The van der Waals surface area contributed by atoms with E-state index >= 15 is 0 Å². The number of hydrogen-bond donors (Lipinski definition) is 1. The molecule has 21 heavy (non-hydrogen) atoms. The van der Waals surface area contributed by atoms with Gasteiger partial charge in [0.15, 0.2) is 0 Å². The summed E-state index contributed by atoms with van der Waals surface area (Å²) in [6.45, 7) is 2.47. The average molecular weight is 283 g/mol. The molecule has 0 unspecified atom stereocenters. The van der Waals surface area contributed by atoms with Gasteiger partial charge in [0.1, 0.15) is 5.75 Å². The largest absolute Gasteiger partial charge is 0.493 e. The van der Waals surface area contributed by atoms with Crippen LogP contribution in [0.4, 0.5) is 0 Å². The second-order valence-electron chi connectivity index (χ2n) is 4.67. The predicted octanol–water partition coefficient (Wildman–Crippen LogP) is 3.11. The molecule has 108 valence electrons. The van der Waals surface area contributed by atoms with Gasteiger partial charge in [0.25, 0.3) is 0 Å². The Kier molecular flexibility index (Phi) is 5.10. The first-order valence-corrected chi connectivity index (χ1v) is 6.68. The number of aromatic nitrogens is 1. The van der Waals surface area contributed by atoms with Crippen molar-refractivity contribution in [2.45, 2.75) is 13.3 Å². The van der Waals surface area contributed by atoms with Crippen LogP contribution in [0.5, 0.6) is 5.75 Å². The molecule has 0 saturated heterocycles. The van der Waals surface area contributed by atoms with Gasteiger partial charge in [0, 0.05) is 30.5 Å². The highest BCUT2D eigenvalue weighted by molar-refractivity contribution is 5.85. The van der Waals surface area contributed by atoms with Crippen LogP contribution in [0.15, 0.2) is 48.8 Å². The minimum Gasteiger partial charge on any atom is -0.493 e. The van der Waals surface area contributed by atoms with E-state index in [1.807, 2.05) is 43.5 Å². The molecule has 4 heteroatoms. The molecule has 0 aliphatic carbocycles. The number of carbonyl (C=O) groups is 1. The number of rotatable bonds is 6. The average Bonchev–Trinajstić information content (AvgIpc) is 2.48. The van der Waals surface area contributed by atoms with Crippen LogP contribution in [-0.4, -0.2) is 22.7 Å². The Morgan fingerprint density at radius 1 is 1.38 bits per heavy atom. The number of nitrogens with zero attached hydrogens (tertiary/aromatic N) is 1. The molecule has 4 nitrogen and oxygen atoms in total. The quantitative estimate of drug-likeness (QED) is 0.827. The van der Waals surface area contributed by atoms with Gasteiger partial charge < -0.3 is 9.84 Å². The first-order chi connectivity index (χ1) is 10.1. The van der Waals surface area contributed by atoms with Gasteiger partial charge in [-0.05, 0) is 36.8 Å². The number of aryl methyl sites for hydroxylation is 1. The number of hydrogen-bond acceptors (Lipinski definition) is 3. The molecule has 0 fully saturated rings. The molecule has 0 atom stereocenters. The van der Waals surface area contributed by atoms with Gasteiger partial charge in [-0.1, -0.05) is 17.7 Å². The van der Waals surface area contributed by atoms with E-state index in [1.165, 1.54) is 0 Å². The summed E-state index contributed by atoms with van der Waals surface area (Å²) in [5.74, 6) is -0.292. The zero-order valence-electron chi connectivity index (χ0n) is 11.8. The maximum Gasteiger partial charge on any atom is 0.328 e. The zero-order valence-corrected chi connectivity index (χ0v) is 11.8. The Balaban J connectivity index is 2.03. The SMILES string of the molecule is Cc1ccc(OCCc2cccnc2)c(C=CC(=O)O)c1. The minimum absolute atomic E-state index is 0.517. The van der Waals surface area contributed by atoms with Crippen LogP contribution in [0.3, 0.4) is 0 Å². The summed E-state index contributed by atoms with van der Waals surface area (Å²) in [4.78, 5) is 14.7. The van der Waals surface area contributed by atoms with Gasteiger partial charge >= 0.3 is 5.97 Å². The molecule has 2 rings (SSSR count). The summed E-state index contributed by atoms with van der Waals surface area (Å²) in [7, 11) is 0. The van der Waals surface area contributed by atoms with Crippen LogP contribution in [-0.2, 0) is 11.2 Å². The first kappa shape index (κ1) is 14.8. The lowest BCUT2D eigenvalue weighted by molar-refractivity contribution is -0.131. The Hall–Kier alpha value is -2.62. The van der Waals surface area contributed by atoms with Gasteiger partial charge in [-0.25, -0.2) is 4.79 Å². The monoisotopic (exact) mass is 283 g/mol. The van der Waals surface area contributed by atoms with Gasteiger partial charge in [-0.3, -0.25) is 4.98 Å². The molecule has 1 N–H and O–H groups in total. The first-order valence-electron chi connectivity index (χ1n) is 6.68. The third-order valence-electron chi connectivity index (χ3n) is 2.94. The highest BCUT2D eigenvalue weighted by Gasteiger charge is 2.03. The number of carboxylic acids is 1. The molecule has 0 spiro atoms. The highest BCUT2D eigenvalue weighted by atomic mass is 16.5. The molecule has 2 aromatic rings. The Labute approximate surface area is 123 Å². The Morgan fingerprint density at radius 2 is 2.24 bits per heavy atom. The number of ether oxygens (including phenoxy) is 1. The van der Waals surface area contributed by atoms with Crippen molar-refractivity contribution in [1.82, 2.24) is 4.98 Å². The lowest BCUT2D eigenvalue weighted by Gasteiger charge is -2.10. The summed E-state index contributed by atoms with van der Waals surface area (Å²) in [6, 6.07) is 9.59. The fourth-order valence-corrected chi connectivity index (χ4v) is 1.92. The standard InChI is InChI=1S/C17H17NO3/c1-13-4-6-16(15(11-13)5-7-17(19)20)21-10-8-14-3-2-9-18-12-14/h2-7,9,11-12H,8,10H2,1H3,(H,19,20). The molecule has 0 radical (unpaired) electrons. The number of pyridine rings is 1. The van der Waals surface area contributed by atoms with Crippen molar-refractivity contribution in [3.63, 3.8) is 0 Å². The fourth-order valence-electron chi connectivity index (χ4n) is 1.92. The summed E-state index contributed by atoms with van der Waals surface area (Å²) >= 11 is 0. The van der Waals surface area contributed by atoms with Crippen LogP contribution in [0, 0.1) is 6.92 Å². The van der Waals surface area contributed by atoms with E-state index in [0.717, 1.165) is 29.2 Å². The van der Waals surface area contributed by atoms with E-state index in [4.69, 9.17) is 9.84 Å². The lowest BCUT2D eigenvalue weighted by Crippen LogP contribution is -2.03. The smallest absolute Gasteiger partial charge is 0.328 e. The van der Waals surface area contributed by atoms with Gasteiger partial charge in [0.2, 0.25) is 0 Å². The molecular weight excluding hydrogens is 266 g/mol. The topological polar surface area (TPSA) is 59.4 Å². The van der Waals surface area contributed by atoms with Crippen LogP contribution in [0.25, 0.3) is 6.08 Å². The molecule has 0 amide bonds. The molecule has 1 heterocycles. The van der Waals surface area contributed by atoms with E-state index < -0.39 is 5.97 Å². The maximum atomic E-state index is 10.6. The van der Waals surface area contributed by atoms with Crippen molar-refractivity contribution in [3.8, 4) is 5.75 Å². The van der Waals surface area contributed by atoms with Crippen molar-refractivity contribution in [2.75, 3.05) is 6.61 Å². The van der Waals surface area contributed by atoms with Crippen LogP contribution < -0.4 is 4.74 Å². The molecule has 0 aliphatic heterocycles. The molecular formula is C17H17NO3. The van der Waals surface area contributed by atoms with Crippen LogP contribution >= 0.6 is 0 Å². The summed E-state index contributed by atoms with van der Waals surface area (Å²) < 4.78 is 5.76. The molecule has 1 aromatic heterocycles. The predicted molar refractivity (Wildman–Crippen MR) is 81.3 cm³/mol. The van der Waals surface area contributed by atoms with Crippen molar-refractivity contribution in [1.29, 1.82) is 0 Å². The number of carboxylic acid groups (broad SMARTS) is 1. The van der Waals surface area contributed by atoms with Crippen molar-refractivity contribution in [3.05, 3.63) is 65.5 Å². The number of aliphatic carboxylic acids is 1. The van der Waals surface area contributed by atoms with Crippen LogP contribution in [0.2, 0.25) is 0 Å². The van der Waals surface area contributed by atoms with Crippen molar-refractivity contribution < 1.29 is 14.6 Å². The summed E-state index contributed by atoms with van der Waals surface area (Å²) in [5, 5.41) is 8.73. The van der Waals surface area contributed by atoms with Crippen LogP contribution in [0.1, 0.15) is 16.7 Å². The van der Waals surface area contributed by atoms with Gasteiger partial charge in [-0.15, -0.1) is 0 Å². The maximum absolute atomic E-state index is 10.6. The Bertz CT molecular complexity index is 636. The second kappa shape index (κ2) is 7.24. The van der Waals surface area contributed by atoms with E-state index in [1.54, 1.807) is 12.3 Å². The normalized spacial score (nSPS) is 10.7. The van der Waals surface area contributed by atoms with E-state index in [-0.39, 0.29) is 0 Å². The van der Waals surface area contributed by atoms with E-state index in [0.29, 0.717) is 12.4 Å². The number of benzene rings is 1. The highest BCUT2D eigenvalue weighted by Crippen LogP contribution is 2.21. The lowest BCUT2D eigenvalue weighted by atomic mass is 10.1. The molecule has 0 aliphatic rings. The summed E-state index contributed by atoms with van der Waals surface area (Å²) in [5.41, 5.74) is 2.93. The van der Waals surface area contributed by atoms with Crippen molar-refractivity contribution in [2.24, 2.45) is 0 Å². The van der Waals surface area contributed by atoms with Gasteiger partial charge in [-0.2, -0.15) is 0 Å². The Morgan fingerprint density at radius 3 is 2.95 bits per heavy atom. The fraction of sp³-hybridized carbons (Fsp3) is 0.176. The third-order valence-corrected chi connectivity index (χ3v) is 2.94. The third kappa shape index (κ3) is 4.76. The zero-order chi connectivity index (χ0) is 15.1.